The van der Waals surface area contributed by atoms with Crippen LogP contribution in [0.5, 0.6) is 5.88 Å². The van der Waals surface area contributed by atoms with Crippen LogP contribution in [0.15, 0.2) is 65.6 Å². The van der Waals surface area contributed by atoms with Crippen LogP contribution in [0.2, 0.25) is 0 Å². The van der Waals surface area contributed by atoms with Crippen molar-refractivity contribution >= 4 is 15.7 Å². The van der Waals surface area contributed by atoms with Crippen molar-refractivity contribution in [3.8, 4) is 17.3 Å². The minimum Gasteiger partial charge on any atom is -0.475 e. The van der Waals surface area contributed by atoms with Gasteiger partial charge in [0.05, 0.1) is 4.90 Å². The number of nitrogens with one attached hydrogen (secondary N) is 1. The highest BCUT2D eigenvalue weighted by Gasteiger charge is 2.15. The van der Waals surface area contributed by atoms with E-state index in [4.69, 9.17) is 4.74 Å². The number of rotatable bonds is 7. The molecule has 0 amide bonds. The maximum Gasteiger partial charge on any atom is 0.240 e. The second-order valence-electron chi connectivity index (χ2n) is 6.90. The van der Waals surface area contributed by atoms with Gasteiger partial charge in [-0.3, -0.25) is 0 Å². The molecule has 0 aliphatic heterocycles. The van der Waals surface area contributed by atoms with Gasteiger partial charge < -0.3 is 4.74 Å². The Morgan fingerprint density at radius 1 is 0.967 bits per heavy atom. The summed E-state index contributed by atoms with van der Waals surface area (Å²) in [7, 11) is -3.60. The lowest BCUT2D eigenvalue weighted by Gasteiger charge is -2.09. The summed E-state index contributed by atoms with van der Waals surface area (Å²) in [5.41, 5.74) is 3.27. The molecule has 4 aromatic rings. The van der Waals surface area contributed by atoms with Crippen molar-refractivity contribution in [2.75, 3.05) is 13.2 Å². The van der Waals surface area contributed by atoms with E-state index in [2.05, 4.69) is 20.0 Å². The molecule has 4 rings (SSSR count). The molecule has 9 heteroatoms. The van der Waals surface area contributed by atoms with Crippen LogP contribution in [0.25, 0.3) is 17.0 Å². The minimum absolute atomic E-state index is 0.114. The highest BCUT2D eigenvalue weighted by molar-refractivity contribution is 7.89. The molecule has 8 nitrogen and oxygen atoms in total. The zero-order chi connectivity index (χ0) is 21.1. The molecular formula is C21H21N5O3S. The number of benzene rings is 2. The van der Waals surface area contributed by atoms with Gasteiger partial charge in [0.2, 0.25) is 15.9 Å². The summed E-state index contributed by atoms with van der Waals surface area (Å²) < 4.78 is 34.8. The topological polar surface area (TPSA) is 98.5 Å². The average molecular weight is 423 g/mol. The summed E-state index contributed by atoms with van der Waals surface area (Å²) in [6.45, 7) is 3.98. The van der Waals surface area contributed by atoms with Gasteiger partial charge in [0.25, 0.3) is 0 Å². The monoisotopic (exact) mass is 423 g/mol. The Balaban J connectivity index is 1.43. The zero-order valence-corrected chi connectivity index (χ0v) is 17.4. The van der Waals surface area contributed by atoms with Crippen molar-refractivity contribution in [3.63, 3.8) is 0 Å². The third-order valence-corrected chi connectivity index (χ3v) is 5.86. The number of aryl methyl sites for hydroxylation is 2. The Kier molecular flexibility index (Phi) is 5.47. The summed E-state index contributed by atoms with van der Waals surface area (Å²) in [6, 6.07) is 18.2. The van der Waals surface area contributed by atoms with Crippen LogP contribution in [-0.4, -0.2) is 41.4 Å². The predicted molar refractivity (Wildman–Crippen MR) is 113 cm³/mol. The van der Waals surface area contributed by atoms with Crippen LogP contribution in [0, 0.1) is 13.8 Å². The normalized spacial score (nSPS) is 11.7. The van der Waals surface area contributed by atoms with E-state index in [9.17, 15) is 8.42 Å². The number of sulfonamides is 1. The van der Waals surface area contributed by atoms with Crippen molar-refractivity contribution in [1.82, 2.24) is 24.5 Å². The predicted octanol–water partition coefficient (Wildman–Crippen LogP) is 2.77. The molecular weight excluding hydrogens is 402 g/mol. The lowest BCUT2D eigenvalue weighted by molar-refractivity contribution is 0.306. The second kappa shape index (κ2) is 8.21. The maximum absolute atomic E-state index is 12.5. The molecule has 0 spiro atoms. The third kappa shape index (κ3) is 4.32. The molecule has 2 aromatic heterocycles. The third-order valence-electron chi connectivity index (χ3n) is 4.42. The van der Waals surface area contributed by atoms with Crippen LogP contribution in [0.3, 0.4) is 0 Å². The lowest BCUT2D eigenvalue weighted by Crippen LogP contribution is -2.28. The Labute approximate surface area is 174 Å². The smallest absolute Gasteiger partial charge is 0.240 e. The van der Waals surface area contributed by atoms with Crippen LogP contribution in [-0.2, 0) is 10.0 Å². The van der Waals surface area contributed by atoms with Crippen molar-refractivity contribution in [2.45, 2.75) is 18.7 Å². The summed E-state index contributed by atoms with van der Waals surface area (Å²) in [5, 5.41) is 12.7. The number of hydrogen-bond acceptors (Lipinski definition) is 6. The highest BCUT2D eigenvalue weighted by atomic mass is 32.2. The van der Waals surface area contributed by atoms with Crippen molar-refractivity contribution in [3.05, 3.63) is 71.8 Å². The Bertz CT molecular complexity index is 1270. The SMILES string of the molecule is Cc1cc(C)cc(S(=O)(=O)NCCOc2ccc3nnc(-c4ccccc4)n3n2)c1. The van der Waals surface area contributed by atoms with E-state index in [1.54, 1.807) is 28.8 Å². The van der Waals surface area contributed by atoms with Crippen molar-refractivity contribution in [2.24, 2.45) is 0 Å². The number of nitrogens with zero attached hydrogens (tertiary/aromatic N) is 4. The molecule has 154 valence electrons. The molecule has 0 aliphatic rings. The molecule has 0 unspecified atom stereocenters. The van der Waals surface area contributed by atoms with Gasteiger partial charge in [-0.15, -0.1) is 15.3 Å². The number of fused-ring (bicyclic) bond motifs is 1. The molecule has 30 heavy (non-hydrogen) atoms. The zero-order valence-electron chi connectivity index (χ0n) is 16.6. The van der Waals surface area contributed by atoms with E-state index < -0.39 is 10.0 Å². The first-order valence-electron chi connectivity index (χ1n) is 9.41. The van der Waals surface area contributed by atoms with E-state index in [0.29, 0.717) is 17.4 Å². The molecule has 0 aliphatic carbocycles. The van der Waals surface area contributed by atoms with E-state index in [1.165, 1.54) is 0 Å². The fourth-order valence-corrected chi connectivity index (χ4v) is 4.32. The number of hydrogen-bond donors (Lipinski definition) is 1. The van der Waals surface area contributed by atoms with Gasteiger partial charge in [-0.25, -0.2) is 13.1 Å². The van der Waals surface area contributed by atoms with Gasteiger partial charge in [-0.1, -0.05) is 36.4 Å². The van der Waals surface area contributed by atoms with E-state index in [0.717, 1.165) is 16.7 Å². The van der Waals surface area contributed by atoms with Crippen molar-refractivity contribution < 1.29 is 13.2 Å². The first-order chi connectivity index (χ1) is 14.4. The number of ether oxygens (including phenoxy) is 1. The maximum atomic E-state index is 12.5. The van der Waals surface area contributed by atoms with Crippen LogP contribution in [0.1, 0.15) is 11.1 Å². The van der Waals surface area contributed by atoms with Gasteiger partial charge in [0.15, 0.2) is 11.5 Å². The Morgan fingerprint density at radius 3 is 2.43 bits per heavy atom. The molecule has 0 saturated carbocycles. The first kappa shape index (κ1) is 20.0. The molecule has 0 bridgehead atoms. The van der Waals surface area contributed by atoms with E-state index in [-0.39, 0.29) is 18.0 Å². The van der Waals surface area contributed by atoms with Gasteiger partial charge >= 0.3 is 0 Å². The van der Waals surface area contributed by atoms with Crippen LogP contribution in [0.4, 0.5) is 0 Å². The molecule has 0 radical (unpaired) electrons. The second-order valence-corrected chi connectivity index (χ2v) is 8.67. The Morgan fingerprint density at radius 2 is 1.70 bits per heavy atom. The van der Waals surface area contributed by atoms with E-state index in [1.807, 2.05) is 50.2 Å². The minimum atomic E-state index is -3.60. The first-order valence-corrected chi connectivity index (χ1v) is 10.9. The molecule has 1 N–H and O–H groups in total. The van der Waals surface area contributed by atoms with Crippen LogP contribution < -0.4 is 9.46 Å². The largest absolute Gasteiger partial charge is 0.475 e. The molecule has 2 aromatic carbocycles. The quantitative estimate of drug-likeness (QED) is 0.459. The number of aromatic nitrogens is 4. The van der Waals surface area contributed by atoms with Crippen LogP contribution >= 0.6 is 0 Å². The summed E-state index contributed by atoms with van der Waals surface area (Å²) >= 11 is 0. The fraction of sp³-hybridized carbons (Fsp3) is 0.190. The lowest BCUT2D eigenvalue weighted by atomic mass is 10.2. The summed E-state index contributed by atoms with van der Waals surface area (Å²) in [6.07, 6.45) is 0. The van der Waals surface area contributed by atoms with Gasteiger partial charge in [0, 0.05) is 18.2 Å². The van der Waals surface area contributed by atoms with E-state index >= 15 is 0 Å². The highest BCUT2D eigenvalue weighted by Crippen LogP contribution is 2.18. The fourth-order valence-electron chi connectivity index (χ4n) is 3.12. The van der Waals surface area contributed by atoms with Gasteiger partial charge in [-0.05, 0) is 43.2 Å². The van der Waals surface area contributed by atoms with Crippen molar-refractivity contribution in [1.29, 1.82) is 0 Å². The Hall–Kier alpha value is -3.30. The molecule has 0 fully saturated rings. The average Bonchev–Trinajstić information content (AvgIpc) is 3.14. The standard InChI is InChI=1S/C21H21N5O3S/c1-15-12-16(2)14-18(13-15)30(27,28)22-10-11-29-20-9-8-19-23-24-21(26(19)25-20)17-6-4-3-5-7-17/h3-9,12-14,22H,10-11H2,1-2H3. The summed E-state index contributed by atoms with van der Waals surface area (Å²) in [4.78, 5) is 0.247. The van der Waals surface area contributed by atoms with Gasteiger partial charge in [-0.2, -0.15) is 4.52 Å². The molecule has 0 saturated heterocycles. The van der Waals surface area contributed by atoms with Gasteiger partial charge in [0.1, 0.15) is 6.61 Å². The molecule has 2 heterocycles. The summed E-state index contributed by atoms with van der Waals surface area (Å²) in [5.74, 6) is 0.955. The molecule has 0 atom stereocenters.